The van der Waals surface area contributed by atoms with Gasteiger partial charge in [-0.3, -0.25) is 9.69 Å². The summed E-state index contributed by atoms with van der Waals surface area (Å²) >= 11 is 6.05. The van der Waals surface area contributed by atoms with Crippen molar-refractivity contribution < 1.29 is 9.21 Å². The van der Waals surface area contributed by atoms with Gasteiger partial charge in [0.1, 0.15) is 5.76 Å². The molecular formula is C18H22ClN3O2. The first-order valence-electron chi connectivity index (χ1n) is 8.17. The smallest absolute Gasteiger partial charge is 0.234 e. The van der Waals surface area contributed by atoms with E-state index in [1.54, 1.807) is 6.26 Å². The Kier molecular flexibility index (Phi) is 5.43. The third-order valence-corrected chi connectivity index (χ3v) is 4.50. The number of rotatable bonds is 5. The van der Waals surface area contributed by atoms with Crippen LogP contribution in [0.5, 0.6) is 0 Å². The van der Waals surface area contributed by atoms with Crippen LogP contribution in [0.2, 0.25) is 5.02 Å². The molecule has 0 saturated carbocycles. The topological polar surface area (TPSA) is 48.7 Å². The van der Waals surface area contributed by atoms with Crippen molar-refractivity contribution in [2.45, 2.75) is 13.0 Å². The lowest BCUT2D eigenvalue weighted by Crippen LogP contribution is -2.49. The molecule has 6 heteroatoms. The first kappa shape index (κ1) is 16.9. The molecule has 24 heavy (non-hydrogen) atoms. The van der Waals surface area contributed by atoms with Gasteiger partial charge in [-0.15, -0.1) is 0 Å². The summed E-state index contributed by atoms with van der Waals surface area (Å²) in [5, 5.41) is 3.73. The second kappa shape index (κ2) is 7.73. The third kappa shape index (κ3) is 4.30. The van der Waals surface area contributed by atoms with Crippen LogP contribution in [0, 0.1) is 0 Å². The summed E-state index contributed by atoms with van der Waals surface area (Å²) in [7, 11) is 0. The lowest BCUT2D eigenvalue weighted by molar-refractivity contribution is -0.123. The Labute approximate surface area is 147 Å². The van der Waals surface area contributed by atoms with Crippen molar-refractivity contribution in [1.82, 2.24) is 10.2 Å². The van der Waals surface area contributed by atoms with Crippen molar-refractivity contribution >= 4 is 23.2 Å². The predicted octanol–water partition coefficient (Wildman–Crippen LogP) is 2.93. The van der Waals surface area contributed by atoms with E-state index in [1.165, 1.54) is 0 Å². The van der Waals surface area contributed by atoms with E-state index in [-0.39, 0.29) is 11.9 Å². The Morgan fingerprint density at radius 1 is 1.25 bits per heavy atom. The Hall–Kier alpha value is -1.98. The molecule has 0 aliphatic carbocycles. The van der Waals surface area contributed by atoms with Crippen LogP contribution in [0.3, 0.4) is 0 Å². The Balaban J connectivity index is 1.46. The number of benzene rings is 1. The van der Waals surface area contributed by atoms with E-state index in [9.17, 15) is 4.79 Å². The molecule has 1 aliphatic rings. The minimum atomic E-state index is -0.111. The van der Waals surface area contributed by atoms with Crippen molar-refractivity contribution in [3.63, 3.8) is 0 Å². The van der Waals surface area contributed by atoms with Gasteiger partial charge in [-0.25, -0.2) is 0 Å². The van der Waals surface area contributed by atoms with Gasteiger partial charge < -0.3 is 14.6 Å². The zero-order chi connectivity index (χ0) is 16.9. The number of anilines is 1. The first-order chi connectivity index (χ1) is 11.6. The number of hydrogen-bond donors (Lipinski definition) is 1. The molecule has 1 fully saturated rings. The highest BCUT2D eigenvalue weighted by Crippen LogP contribution is 2.20. The predicted molar refractivity (Wildman–Crippen MR) is 95.4 cm³/mol. The van der Waals surface area contributed by atoms with E-state index in [4.69, 9.17) is 16.0 Å². The number of piperazine rings is 1. The van der Waals surface area contributed by atoms with Crippen molar-refractivity contribution in [3.05, 3.63) is 53.4 Å². The quantitative estimate of drug-likeness (QED) is 0.903. The molecule has 1 aliphatic heterocycles. The molecule has 3 rings (SSSR count). The second-order valence-corrected chi connectivity index (χ2v) is 6.48. The summed E-state index contributed by atoms with van der Waals surface area (Å²) in [4.78, 5) is 16.7. The average molecular weight is 348 g/mol. The molecule has 1 aromatic heterocycles. The summed E-state index contributed by atoms with van der Waals surface area (Å²) < 4.78 is 5.31. The van der Waals surface area contributed by atoms with Gasteiger partial charge in [-0.1, -0.05) is 17.7 Å². The van der Waals surface area contributed by atoms with E-state index in [0.29, 0.717) is 6.54 Å². The monoisotopic (exact) mass is 347 g/mol. The minimum Gasteiger partial charge on any atom is -0.467 e. The number of furan rings is 1. The van der Waals surface area contributed by atoms with Gasteiger partial charge in [0, 0.05) is 36.9 Å². The van der Waals surface area contributed by atoms with Gasteiger partial charge in [0.15, 0.2) is 0 Å². The normalized spacial score (nSPS) is 16.8. The largest absolute Gasteiger partial charge is 0.467 e. The molecular weight excluding hydrogens is 326 g/mol. The van der Waals surface area contributed by atoms with Gasteiger partial charge in [0.25, 0.3) is 0 Å². The number of halogens is 1. The van der Waals surface area contributed by atoms with Gasteiger partial charge in [-0.2, -0.15) is 0 Å². The van der Waals surface area contributed by atoms with Gasteiger partial charge in [0.2, 0.25) is 5.91 Å². The Bertz CT molecular complexity index is 667. The lowest BCUT2D eigenvalue weighted by Gasteiger charge is -2.35. The summed E-state index contributed by atoms with van der Waals surface area (Å²) in [6.07, 6.45) is 1.62. The Morgan fingerprint density at radius 3 is 2.71 bits per heavy atom. The van der Waals surface area contributed by atoms with Crippen LogP contribution in [0.25, 0.3) is 0 Å². The van der Waals surface area contributed by atoms with Crippen LogP contribution in [0.1, 0.15) is 18.7 Å². The first-order valence-corrected chi connectivity index (χ1v) is 8.55. The molecule has 1 unspecified atom stereocenters. The van der Waals surface area contributed by atoms with Crippen LogP contribution in [0.15, 0.2) is 47.1 Å². The fraction of sp³-hybridized carbons (Fsp3) is 0.389. The fourth-order valence-electron chi connectivity index (χ4n) is 2.94. The molecule has 0 bridgehead atoms. The molecule has 128 valence electrons. The van der Waals surface area contributed by atoms with E-state index in [2.05, 4.69) is 21.2 Å². The van der Waals surface area contributed by atoms with Crippen LogP contribution in [-0.4, -0.2) is 43.5 Å². The number of hydrogen-bond acceptors (Lipinski definition) is 4. The van der Waals surface area contributed by atoms with E-state index in [0.717, 1.165) is 42.6 Å². The summed E-state index contributed by atoms with van der Waals surface area (Å²) in [5.41, 5.74) is 1.14. The lowest BCUT2D eigenvalue weighted by atomic mass is 10.2. The molecule has 2 aromatic rings. The molecule has 5 nitrogen and oxygen atoms in total. The zero-order valence-electron chi connectivity index (χ0n) is 13.7. The SMILES string of the molecule is CC(NC(=O)CN1CCN(c2cccc(Cl)c2)CC1)c1ccco1. The molecule has 1 aromatic carbocycles. The maximum atomic E-state index is 12.2. The van der Waals surface area contributed by atoms with Gasteiger partial charge >= 0.3 is 0 Å². The Morgan fingerprint density at radius 2 is 2.04 bits per heavy atom. The second-order valence-electron chi connectivity index (χ2n) is 6.05. The fourth-order valence-corrected chi connectivity index (χ4v) is 3.12. The van der Waals surface area contributed by atoms with Gasteiger partial charge in [-0.05, 0) is 37.3 Å². The standard InChI is InChI=1S/C18H22ClN3O2/c1-14(17-6-3-11-24-17)20-18(23)13-21-7-9-22(10-8-21)16-5-2-4-15(19)12-16/h2-6,11-12,14H,7-10,13H2,1H3,(H,20,23). The molecule has 1 atom stereocenters. The van der Waals surface area contributed by atoms with Crippen molar-refractivity contribution in [3.8, 4) is 0 Å². The molecule has 1 amide bonds. The van der Waals surface area contributed by atoms with Crippen molar-refractivity contribution in [1.29, 1.82) is 0 Å². The average Bonchev–Trinajstić information content (AvgIpc) is 3.10. The summed E-state index contributed by atoms with van der Waals surface area (Å²) in [5.74, 6) is 0.796. The maximum Gasteiger partial charge on any atom is 0.234 e. The van der Waals surface area contributed by atoms with E-state index < -0.39 is 0 Å². The van der Waals surface area contributed by atoms with E-state index in [1.807, 2.05) is 37.3 Å². The van der Waals surface area contributed by atoms with Crippen LogP contribution in [-0.2, 0) is 4.79 Å². The maximum absolute atomic E-state index is 12.2. The highest BCUT2D eigenvalue weighted by molar-refractivity contribution is 6.30. The van der Waals surface area contributed by atoms with E-state index >= 15 is 0 Å². The van der Waals surface area contributed by atoms with Gasteiger partial charge in [0.05, 0.1) is 18.8 Å². The molecule has 0 spiro atoms. The highest BCUT2D eigenvalue weighted by atomic mass is 35.5. The molecule has 2 heterocycles. The number of carbonyl (C=O) groups is 1. The van der Waals surface area contributed by atoms with Crippen molar-refractivity contribution in [2.75, 3.05) is 37.6 Å². The molecule has 1 saturated heterocycles. The number of nitrogens with one attached hydrogen (secondary N) is 1. The minimum absolute atomic E-state index is 0.0232. The van der Waals surface area contributed by atoms with Crippen LogP contribution >= 0.6 is 11.6 Å². The third-order valence-electron chi connectivity index (χ3n) is 4.26. The summed E-state index contributed by atoms with van der Waals surface area (Å²) in [6, 6.07) is 11.5. The number of nitrogens with zero attached hydrogens (tertiary/aromatic N) is 2. The van der Waals surface area contributed by atoms with Crippen LogP contribution in [0.4, 0.5) is 5.69 Å². The van der Waals surface area contributed by atoms with Crippen LogP contribution < -0.4 is 10.2 Å². The zero-order valence-corrected chi connectivity index (χ0v) is 14.5. The summed E-state index contributed by atoms with van der Waals surface area (Å²) in [6.45, 7) is 5.83. The molecule has 1 N–H and O–H groups in total. The molecule has 0 radical (unpaired) electrons. The number of carbonyl (C=O) groups excluding carboxylic acids is 1. The van der Waals surface area contributed by atoms with Crippen molar-refractivity contribution in [2.24, 2.45) is 0 Å². The highest BCUT2D eigenvalue weighted by Gasteiger charge is 2.20. The number of amides is 1.